The SMILES string of the molecule is COc1ccc([C@@H](CC(=O)O)NC(=O)[C@@H]2COCN2S(=O)(=O)c2cc(Cl)cc(Cl)c2)cc1. The fourth-order valence-corrected chi connectivity index (χ4v) is 5.40. The minimum Gasteiger partial charge on any atom is -0.497 e. The molecule has 1 saturated heterocycles. The maximum Gasteiger partial charge on any atom is 0.305 e. The van der Waals surface area contributed by atoms with E-state index in [0.717, 1.165) is 4.31 Å². The third-order valence-corrected chi connectivity index (χ3v) is 7.05. The second-order valence-electron chi connectivity index (χ2n) is 6.95. The molecule has 1 aliphatic rings. The van der Waals surface area contributed by atoms with Crippen molar-refractivity contribution >= 4 is 45.1 Å². The lowest BCUT2D eigenvalue weighted by Gasteiger charge is -2.24. The van der Waals surface area contributed by atoms with E-state index in [1.165, 1.54) is 25.3 Å². The van der Waals surface area contributed by atoms with Crippen LogP contribution in [0.25, 0.3) is 0 Å². The average Bonchev–Trinajstić information content (AvgIpc) is 3.23. The second-order valence-corrected chi connectivity index (χ2v) is 9.71. The van der Waals surface area contributed by atoms with E-state index in [1.807, 2.05) is 0 Å². The van der Waals surface area contributed by atoms with Crippen molar-refractivity contribution in [3.8, 4) is 5.75 Å². The van der Waals surface area contributed by atoms with Gasteiger partial charge in [0.2, 0.25) is 15.9 Å². The van der Waals surface area contributed by atoms with Gasteiger partial charge in [-0.25, -0.2) is 8.42 Å². The van der Waals surface area contributed by atoms with Gasteiger partial charge in [-0.3, -0.25) is 9.59 Å². The number of ether oxygens (including phenoxy) is 2. The molecule has 0 radical (unpaired) electrons. The number of hydrogen-bond acceptors (Lipinski definition) is 6. The Labute approximate surface area is 194 Å². The molecule has 1 aliphatic heterocycles. The number of sulfonamides is 1. The minimum atomic E-state index is -4.16. The summed E-state index contributed by atoms with van der Waals surface area (Å²) in [7, 11) is -2.67. The first-order chi connectivity index (χ1) is 15.1. The van der Waals surface area contributed by atoms with Crippen molar-refractivity contribution in [2.75, 3.05) is 20.4 Å². The van der Waals surface area contributed by atoms with Crippen molar-refractivity contribution < 1.29 is 32.6 Å². The number of rotatable bonds is 8. The lowest BCUT2D eigenvalue weighted by molar-refractivity contribution is -0.137. The fraction of sp³-hybridized carbons (Fsp3) is 0.300. The molecule has 1 heterocycles. The number of nitrogens with zero attached hydrogens (tertiary/aromatic N) is 1. The summed E-state index contributed by atoms with van der Waals surface area (Å²) in [6.07, 6.45) is -0.400. The zero-order valence-corrected chi connectivity index (χ0v) is 19.2. The Bertz CT molecular complexity index is 1090. The molecule has 32 heavy (non-hydrogen) atoms. The summed E-state index contributed by atoms with van der Waals surface area (Å²) in [5.41, 5.74) is 0.525. The molecule has 3 rings (SSSR count). The first kappa shape index (κ1) is 24.3. The molecule has 0 spiro atoms. The Morgan fingerprint density at radius 1 is 1.22 bits per heavy atom. The number of nitrogens with one attached hydrogen (secondary N) is 1. The lowest BCUT2D eigenvalue weighted by Crippen LogP contribution is -2.48. The van der Waals surface area contributed by atoms with Gasteiger partial charge in [0, 0.05) is 10.0 Å². The summed E-state index contributed by atoms with van der Waals surface area (Å²) in [6, 6.07) is 8.26. The summed E-state index contributed by atoms with van der Waals surface area (Å²) in [5, 5.41) is 12.1. The Hall–Kier alpha value is -2.37. The number of benzene rings is 2. The van der Waals surface area contributed by atoms with Crippen molar-refractivity contribution in [1.82, 2.24) is 9.62 Å². The first-order valence-electron chi connectivity index (χ1n) is 9.33. The Morgan fingerprint density at radius 3 is 2.41 bits per heavy atom. The summed E-state index contributed by atoms with van der Waals surface area (Å²) in [5.74, 6) is -1.26. The molecule has 2 atom stereocenters. The highest BCUT2D eigenvalue weighted by Crippen LogP contribution is 2.28. The van der Waals surface area contributed by atoms with E-state index in [2.05, 4.69) is 5.32 Å². The van der Waals surface area contributed by atoms with Crippen LogP contribution in [0.15, 0.2) is 47.4 Å². The van der Waals surface area contributed by atoms with Crippen LogP contribution in [0, 0.1) is 0 Å². The van der Waals surface area contributed by atoms with Gasteiger partial charge in [0.15, 0.2) is 0 Å². The highest BCUT2D eigenvalue weighted by atomic mass is 35.5. The van der Waals surface area contributed by atoms with Crippen LogP contribution in [0.1, 0.15) is 18.0 Å². The van der Waals surface area contributed by atoms with E-state index < -0.39 is 40.4 Å². The molecular weight excluding hydrogens is 483 g/mol. The number of methoxy groups -OCH3 is 1. The van der Waals surface area contributed by atoms with E-state index in [1.54, 1.807) is 24.3 Å². The van der Waals surface area contributed by atoms with Crippen LogP contribution in [0.4, 0.5) is 0 Å². The second kappa shape index (κ2) is 10.1. The predicted molar refractivity (Wildman–Crippen MR) is 116 cm³/mol. The maximum absolute atomic E-state index is 13.1. The van der Waals surface area contributed by atoms with Gasteiger partial charge in [0.05, 0.1) is 31.1 Å². The van der Waals surface area contributed by atoms with Gasteiger partial charge in [-0.05, 0) is 35.9 Å². The molecule has 172 valence electrons. The zero-order valence-electron chi connectivity index (χ0n) is 16.8. The maximum atomic E-state index is 13.1. The van der Waals surface area contributed by atoms with Gasteiger partial charge >= 0.3 is 5.97 Å². The van der Waals surface area contributed by atoms with Crippen LogP contribution in [0.3, 0.4) is 0 Å². The number of carbonyl (C=O) groups excluding carboxylic acids is 1. The number of halogens is 2. The van der Waals surface area contributed by atoms with Crippen molar-refractivity contribution in [3.05, 3.63) is 58.1 Å². The van der Waals surface area contributed by atoms with Gasteiger partial charge in [-0.1, -0.05) is 35.3 Å². The molecule has 2 aromatic rings. The van der Waals surface area contributed by atoms with Crippen LogP contribution in [-0.4, -0.2) is 56.2 Å². The van der Waals surface area contributed by atoms with Crippen molar-refractivity contribution in [2.24, 2.45) is 0 Å². The van der Waals surface area contributed by atoms with Crippen LogP contribution < -0.4 is 10.1 Å². The quantitative estimate of drug-likeness (QED) is 0.568. The molecule has 2 N–H and O–H groups in total. The monoisotopic (exact) mass is 502 g/mol. The molecule has 2 aromatic carbocycles. The largest absolute Gasteiger partial charge is 0.497 e. The third-order valence-electron chi connectivity index (χ3n) is 4.80. The lowest BCUT2D eigenvalue weighted by atomic mass is 10.0. The smallest absolute Gasteiger partial charge is 0.305 e. The molecule has 9 nitrogen and oxygen atoms in total. The van der Waals surface area contributed by atoms with Crippen LogP contribution >= 0.6 is 23.2 Å². The fourth-order valence-electron chi connectivity index (χ4n) is 3.21. The summed E-state index contributed by atoms with van der Waals surface area (Å²) < 4.78 is 37.4. The third kappa shape index (κ3) is 5.51. The molecule has 0 saturated carbocycles. The van der Waals surface area contributed by atoms with Crippen LogP contribution in [0.2, 0.25) is 10.0 Å². The summed E-state index contributed by atoms with van der Waals surface area (Å²) >= 11 is 11.9. The Balaban J connectivity index is 1.84. The molecule has 12 heteroatoms. The normalized spacial score (nSPS) is 17.7. The molecule has 0 bridgehead atoms. The number of amides is 1. The Kier molecular flexibility index (Phi) is 7.63. The molecular formula is C20H20Cl2N2O7S. The van der Waals surface area contributed by atoms with Gasteiger partial charge in [-0.15, -0.1) is 0 Å². The van der Waals surface area contributed by atoms with Crippen LogP contribution in [0.5, 0.6) is 5.75 Å². The zero-order chi connectivity index (χ0) is 23.5. The topological polar surface area (TPSA) is 122 Å². The van der Waals surface area contributed by atoms with Gasteiger partial charge in [0.1, 0.15) is 18.5 Å². The van der Waals surface area contributed by atoms with Gasteiger partial charge < -0.3 is 19.9 Å². The molecule has 0 unspecified atom stereocenters. The van der Waals surface area contributed by atoms with E-state index in [4.69, 9.17) is 32.7 Å². The van der Waals surface area contributed by atoms with Crippen LogP contribution in [-0.2, 0) is 24.3 Å². The van der Waals surface area contributed by atoms with E-state index in [9.17, 15) is 23.1 Å². The average molecular weight is 503 g/mol. The number of carbonyl (C=O) groups is 2. The number of hydrogen-bond donors (Lipinski definition) is 2. The Morgan fingerprint density at radius 2 is 1.84 bits per heavy atom. The van der Waals surface area contributed by atoms with E-state index in [-0.39, 0.29) is 28.3 Å². The van der Waals surface area contributed by atoms with E-state index >= 15 is 0 Å². The first-order valence-corrected chi connectivity index (χ1v) is 11.5. The summed E-state index contributed by atoms with van der Waals surface area (Å²) in [4.78, 5) is 24.2. The highest BCUT2D eigenvalue weighted by Gasteiger charge is 2.41. The number of aliphatic carboxylic acids is 1. The minimum absolute atomic E-state index is 0.123. The van der Waals surface area contributed by atoms with Gasteiger partial charge in [-0.2, -0.15) is 4.31 Å². The molecule has 0 aromatic heterocycles. The standard InChI is InChI=1S/C20H20Cl2N2O7S/c1-30-15-4-2-12(3-5-15)17(9-19(25)26)23-20(27)18-10-31-11-24(18)32(28,29)16-7-13(21)6-14(22)8-16/h2-8,17-18H,9-11H2,1H3,(H,23,27)(H,25,26)/t17-,18+/m1/s1. The molecule has 0 aliphatic carbocycles. The van der Waals surface area contributed by atoms with Crippen molar-refractivity contribution in [3.63, 3.8) is 0 Å². The number of carboxylic acids is 1. The van der Waals surface area contributed by atoms with Crippen molar-refractivity contribution in [1.29, 1.82) is 0 Å². The van der Waals surface area contributed by atoms with E-state index in [0.29, 0.717) is 11.3 Å². The predicted octanol–water partition coefficient (Wildman–Crippen LogP) is 2.68. The molecule has 1 fully saturated rings. The van der Waals surface area contributed by atoms with Crippen molar-refractivity contribution in [2.45, 2.75) is 23.4 Å². The summed E-state index contributed by atoms with van der Waals surface area (Å²) in [6.45, 7) is -0.543. The number of carboxylic acid groups (broad SMARTS) is 1. The van der Waals surface area contributed by atoms with Gasteiger partial charge in [0.25, 0.3) is 0 Å². The highest BCUT2D eigenvalue weighted by molar-refractivity contribution is 7.89. The molecule has 1 amide bonds.